The van der Waals surface area contributed by atoms with Gasteiger partial charge < -0.3 is 10.6 Å². The fraction of sp³-hybridized carbons (Fsp3) is 0.545. The van der Waals surface area contributed by atoms with Gasteiger partial charge in [-0.1, -0.05) is 36.8 Å². The number of hydrogen-bond acceptors (Lipinski definition) is 2. The van der Waals surface area contributed by atoms with Crippen molar-refractivity contribution in [1.82, 2.24) is 20.4 Å². The Morgan fingerprint density at radius 1 is 1.25 bits per heavy atom. The van der Waals surface area contributed by atoms with Crippen molar-refractivity contribution >= 4 is 29.9 Å². The van der Waals surface area contributed by atoms with Gasteiger partial charge in [0.1, 0.15) is 0 Å². The molecule has 1 saturated carbocycles. The molecule has 1 heterocycles. The molecule has 1 aromatic carbocycles. The minimum absolute atomic E-state index is 0. The molecule has 1 fully saturated rings. The molecule has 0 aliphatic heterocycles. The number of nitrogens with one attached hydrogen (secondary N) is 2. The smallest absolute Gasteiger partial charge is 0.191 e. The molecule has 0 amide bonds. The summed E-state index contributed by atoms with van der Waals surface area (Å²) in [6, 6.07) is 11.2. The first kappa shape index (κ1) is 22.7. The quantitative estimate of drug-likeness (QED) is 0.364. The third-order valence-corrected chi connectivity index (χ3v) is 6.07. The van der Waals surface area contributed by atoms with Crippen molar-refractivity contribution in [1.29, 1.82) is 0 Å². The van der Waals surface area contributed by atoms with Crippen LogP contribution in [0.4, 0.5) is 0 Å². The van der Waals surface area contributed by atoms with E-state index in [1.165, 1.54) is 36.1 Å². The van der Waals surface area contributed by atoms with E-state index in [2.05, 4.69) is 71.8 Å². The lowest BCUT2D eigenvalue weighted by Gasteiger charge is -2.43. The van der Waals surface area contributed by atoms with E-state index in [1.54, 1.807) is 0 Å². The van der Waals surface area contributed by atoms with Gasteiger partial charge >= 0.3 is 0 Å². The molecule has 28 heavy (non-hydrogen) atoms. The van der Waals surface area contributed by atoms with Crippen molar-refractivity contribution < 1.29 is 0 Å². The average Bonchev–Trinajstić information content (AvgIpc) is 2.86. The second-order valence-electron chi connectivity index (χ2n) is 7.95. The lowest BCUT2D eigenvalue weighted by Crippen LogP contribution is -2.50. The zero-order valence-corrected chi connectivity index (χ0v) is 20.1. The summed E-state index contributed by atoms with van der Waals surface area (Å²) in [5.41, 5.74) is 5.37. The number of halogens is 1. The highest BCUT2D eigenvalue weighted by molar-refractivity contribution is 14.0. The van der Waals surface area contributed by atoms with Crippen molar-refractivity contribution in [3.05, 3.63) is 52.8 Å². The Morgan fingerprint density at radius 3 is 2.43 bits per heavy atom. The maximum Gasteiger partial charge on any atom is 0.191 e. The highest BCUT2D eigenvalue weighted by atomic mass is 127. The van der Waals surface area contributed by atoms with Crippen LogP contribution in [0.5, 0.6) is 0 Å². The van der Waals surface area contributed by atoms with Crippen molar-refractivity contribution in [2.24, 2.45) is 12.0 Å². The zero-order valence-electron chi connectivity index (χ0n) is 17.7. The summed E-state index contributed by atoms with van der Waals surface area (Å²) in [5, 5.41) is 11.7. The highest BCUT2D eigenvalue weighted by Gasteiger charge is 2.38. The van der Waals surface area contributed by atoms with Crippen molar-refractivity contribution in [3.8, 4) is 0 Å². The molecule has 0 spiro atoms. The lowest BCUT2D eigenvalue weighted by molar-refractivity contribution is 0.243. The highest BCUT2D eigenvalue weighted by Crippen LogP contribution is 2.43. The Bertz CT molecular complexity index is 793. The fourth-order valence-corrected chi connectivity index (χ4v) is 4.11. The molecule has 0 bridgehead atoms. The minimum Gasteiger partial charge on any atom is -0.356 e. The molecule has 2 N–H and O–H groups in total. The molecule has 154 valence electrons. The van der Waals surface area contributed by atoms with Gasteiger partial charge in [0.15, 0.2) is 5.96 Å². The van der Waals surface area contributed by atoms with Crippen LogP contribution in [0, 0.1) is 13.8 Å². The van der Waals surface area contributed by atoms with Crippen molar-refractivity contribution in [3.63, 3.8) is 0 Å². The molecule has 2 aromatic rings. The van der Waals surface area contributed by atoms with Crippen LogP contribution in [-0.4, -0.2) is 35.4 Å². The molecule has 0 radical (unpaired) electrons. The molecule has 6 heteroatoms. The third kappa shape index (κ3) is 4.88. The monoisotopic (exact) mass is 495 g/mol. The normalized spacial score (nSPS) is 16.7. The first-order valence-electron chi connectivity index (χ1n) is 9.97. The van der Waals surface area contributed by atoms with Gasteiger partial charge in [0, 0.05) is 37.8 Å². The fourth-order valence-electron chi connectivity index (χ4n) is 4.11. The number of hydrogen-bond donors (Lipinski definition) is 2. The largest absolute Gasteiger partial charge is 0.356 e. The molecule has 1 atom stereocenters. The molecule has 0 saturated heterocycles. The van der Waals surface area contributed by atoms with Crippen LogP contribution in [0.2, 0.25) is 0 Å². The Balaban J connectivity index is 0.00000280. The van der Waals surface area contributed by atoms with E-state index in [0.29, 0.717) is 0 Å². The standard InChI is InChI=1S/C22H33N5.HI/c1-16(14-20-17(2)26-27(5)18(20)3)25-21(23-4)24-15-22(12-9-13-22)19-10-7-6-8-11-19;/h6-8,10-11,16H,9,12-15H2,1-5H3,(H2,23,24,25);1H. The van der Waals surface area contributed by atoms with Gasteiger partial charge in [0.05, 0.1) is 5.69 Å². The number of aromatic nitrogens is 2. The van der Waals surface area contributed by atoms with Gasteiger partial charge in [0.2, 0.25) is 0 Å². The van der Waals surface area contributed by atoms with Crippen LogP contribution in [0.15, 0.2) is 35.3 Å². The van der Waals surface area contributed by atoms with E-state index < -0.39 is 0 Å². The summed E-state index contributed by atoms with van der Waals surface area (Å²) in [5.74, 6) is 0.879. The molecule has 1 aromatic heterocycles. The molecule has 1 aliphatic rings. The topological polar surface area (TPSA) is 54.2 Å². The number of benzene rings is 1. The SMILES string of the molecule is CN=C(NCC1(c2ccccc2)CCC1)NC(C)Cc1c(C)nn(C)c1C.I. The van der Waals surface area contributed by atoms with E-state index in [0.717, 1.165) is 24.6 Å². The van der Waals surface area contributed by atoms with Crippen LogP contribution in [0.25, 0.3) is 0 Å². The third-order valence-electron chi connectivity index (χ3n) is 6.07. The van der Waals surface area contributed by atoms with Gasteiger partial charge in [-0.05, 0) is 51.2 Å². The van der Waals surface area contributed by atoms with Crippen LogP contribution >= 0.6 is 24.0 Å². The number of aryl methyl sites for hydroxylation is 2. The van der Waals surface area contributed by atoms with E-state index in [4.69, 9.17) is 0 Å². The molecule has 5 nitrogen and oxygen atoms in total. The number of rotatable bonds is 6. The summed E-state index contributed by atoms with van der Waals surface area (Å²) >= 11 is 0. The van der Waals surface area contributed by atoms with Gasteiger partial charge in [-0.25, -0.2) is 0 Å². The maximum absolute atomic E-state index is 4.53. The first-order chi connectivity index (χ1) is 12.9. The Morgan fingerprint density at radius 2 is 1.93 bits per heavy atom. The Hall–Kier alpha value is -1.57. The summed E-state index contributed by atoms with van der Waals surface area (Å²) in [6.45, 7) is 7.35. The summed E-state index contributed by atoms with van der Waals surface area (Å²) in [6.07, 6.45) is 4.73. The zero-order chi connectivity index (χ0) is 19.4. The maximum atomic E-state index is 4.53. The van der Waals surface area contributed by atoms with Gasteiger partial charge in [-0.3, -0.25) is 9.67 Å². The minimum atomic E-state index is 0. The second-order valence-corrected chi connectivity index (χ2v) is 7.95. The predicted octanol–water partition coefficient (Wildman–Crippen LogP) is 3.87. The predicted molar refractivity (Wildman–Crippen MR) is 128 cm³/mol. The number of nitrogens with zero attached hydrogens (tertiary/aromatic N) is 3. The van der Waals surface area contributed by atoms with Crippen LogP contribution < -0.4 is 10.6 Å². The molecule has 1 unspecified atom stereocenters. The van der Waals surface area contributed by atoms with Crippen LogP contribution in [0.3, 0.4) is 0 Å². The van der Waals surface area contributed by atoms with Crippen LogP contribution in [0.1, 0.15) is 48.7 Å². The van der Waals surface area contributed by atoms with E-state index in [-0.39, 0.29) is 35.4 Å². The van der Waals surface area contributed by atoms with E-state index >= 15 is 0 Å². The Labute approximate surface area is 186 Å². The van der Waals surface area contributed by atoms with Gasteiger partial charge in [0.25, 0.3) is 0 Å². The molecular formula is C22H34IN5. The number of guanidine groups is 1. The number of aliphatic imine (C=N–C) groups is 1. The van der Waals surface area contributed by atoms with Crippen molar-refractivity contribution in [2.45, 2.75) is 57.9 Å². The summed E-state index contributed by atoms with van der Waals surface area (Å²) in [7, 11) is 3.85. The molecule has 1 aliphatic carbocycles. The lowest BCUT2D eigenvalue weighted by atomic mass is 9.64. The summed E-state index contributed by atoms with van der Waals surface area (Å²) in [4.78, 5) is 4.45. The second kappa shape index (κ2) is 9.76. The Kier molecular flexibility index (Phi) is 7.92. The average molecular weight is 495 g/mol. The molecule has 3 rings (SSSR count). The van der Waals surface area contributed by atoms with Crippen LogP contribution in [-0.2, 0) is 18.9 Å². The summed E-state index contributed by atoms with van der Waals surface area (Å²) < 4.78 is 1.96. The molecular weight excluding hydrogens is 461 g/mol. The van der Waals surface area contributed by atoms with Gasteiger partial charge in [-0.15, -0.1) is 24.0 Å². The van der Waals surface area contributed by atoms with E-state index in [1.807, 2.05) is 18.8 Å². The van der Waals surface area contributed by atoms with E-state index in [9.17, 15) is 0 Å². The van der Waals surface area contributed by atoms with Gasteiger partial charge in [-0.2, -0.15) is 5.10 Å². The van der Waals surface area contributed by atoms with Crippen molar-refractivity contribution in [2.75, 3.05) is 13.6 Å². The first-order valence-corrected chi connectivity index (χ1v) is 9.97.